The lowest BCUT2D eigenvalue weighted by molar-refractivity contribution is -0.903. The van der Waals surface area contributed by atoms with Crippen LogP contribution in [0.25, 0.3) is 0 Å². The number of hydrogen-bond donors (Lipinski definition) is 3. The summed E-state index contributed by atoms with van der Waals surface area (Å²) >= 11 is 0. The Kier molecular flexibility index (Phi) is 7.11. The van der Waals surface area contributed by atoms with Crippen molar-refractivity contribution >= 4 is 11.6 Å². The zero-order valence-electron chi connectivity index (χ0n) is 16.3. The van der Waals surface area contributed by atoms with E-state index in [-0.39, 0.29) is 23.7 Å². The summed E-state index contributed by atoms with van der Waals surface area (Å²) in [6.07, 6.45) is 0.624. The highest BCUT2D eigenvalue weighted by Gasteiger charge is 2.23. The molecule has 8 nitrogen and oxygen atoms in total. The topological polar surface area (TPSA) is 112 Å². The molecule has 1 aromatic heterocycles. The van der Waals surface area contributed by atoms with Crippen molar-refractivity contribution in [3.05, 3.63) is 56.0 Å². The number of halogens is 1. The van der Waals surface area contributed by atoms with Crippen molar-refractivity contribution in [2.75, 3.05) is 25.9 Å². The van der Waals surface area contributed by atoms with Gasteiger partial charge in [0.2, 0.25) is 5.78 Å². The number of nitrogens with one attached hydrogen (secondary N) is 2. The number of ether oxygens (including phenoxy) is 1. The Balaban J connectivity index is 2.25. The molecule has 152 valence electrons. The van der Waals surface area contributed by atoms with Gasteiger partial charge in [-0.15, -0.1) is 0 Å². The zero-order chi connectivity index (χ0) is 20.8. The van der Waals surface area contributed by atoms with Crippen molar-refractivity contribution < 1.29 is 18.8 Å². The molecule has 0 spiro atoms. The van der Waals surface area contributed by atoms with Gasteiger partial charge in [0.05, 0.1) is 13.7 Å². The van der Waals surface area contributed by atoms with Crippen molar-refractivity contribution in [2.45, 2.75) is 33.4 Å². The summed E-state index contributed by atoms with van der Waals surface area (Å²) in [5.74, 6) is -0.912. The van der Waals surface area contributed by atoms with Crippen molar-refractivity contribution in [3.63, 3.8) is 0 Å². The summed E-state index contributed by atoms with van der Waals surface area (Å²) in [5.41, 5.74) is 5.01. The van der Waals surface area contributed by atoms with E-state index in [4.69, 9.17) is 10.5 Å². The van der Waals surface area contributed by atoms with Crippen LogP contribution in [0.15, 0.2) is 27.8 Å². The number of likely N-dealkylation sites (N-methyl/N-ethyl adjacent to an activating group) is 1. The van der Waals surface area contributed by atoms with E-state index in [1.54, 1.807) is 6.07 Å². The monoisotopic (exact) mass is 393 g/mol. The lowest BCUT2D eigenvalue weighted by Gasteiger charge is -2.18. The molecule has 0 radical (unpaired) electrons. The minimum Gasteiger partial charge on any atom is -0.494 e. The van der Waals surface area contributed by atoms with E-state index in [1.807, 2.05) is 13.8 Å². The Morgan fingerprint density at radius 1 is 1.32 bits per heavy atom. The Morgan fingerprint density at radius 2 is 2.04 bits per heavy atom. The van der Waals surface area contributed by atoms with Crippen molar-refractivity contribution in [1.29, 1.82) is 0 Å². The van der Waals surface area contributed by atoms with E-state index >= 15 is 0 Å². The third-order valence-corrected chi connectivity index (χ3v) is 4.55. The number of carbonyl (C=O) groups excluding carboxylic acids is 1. The second-order valence-corrected chi connectivity index (χ2v) is 6.52. The fourth-order valence-electron chi connectivity index (χ4n) is 3.04. The second-order valence-electron chi connectivity index (χ2n) is 6.52. The largest absolute Gasteiger partial charge is 0.494 e. The van der Waals surface area contributed by atoms with Crippen LogP contribution in [0.3, 0.4) is 0 Å². The van der Waals surface area contributed by atoms with Crippen molar-refractivity contribution in [1.82, 2.24) is 9.55 Å². The molecule has 0 bridgehead atoms. The highest BCUT2D eigenvalue weighted by Crippen LogP contribution is 2.17. The van der Waals surface area contributed by atoms with Crippen LogP contribution in [-0.4, -0.2) is 35.5 Å². The number of nitrogens with two attached hydrogens (primary N) is 1. The number of methoxy groups -OCH3 is 1. The van der Waals surface area contributed by atoms with Crippen LogP contribution in [0.1, 0.15) is 36.2 Å². The number of quaternary nitrogens is 1. The van der Waals surface area contributed by atoms with E-state index in [2.05, 4.69) is 4.98 Å². The maximum absolute atomic E-state index is 13.9. The molecule has 2 rings (SSSR count). The smallest absolute Gasteiger partial charge is 0.329 e. The molecular weight excluding hydrogens is 367 g/mol. The normalized spacial score (nSPS) is 12.0. The van der Waals surface area contributed by atoms with Gasteiger partial charge in [-0.05, 0) is 31.5 Å². The SMILES string of the molecule is CCCn1c(N)c(C(=O)C[NH+](CC)Cc2ccc(OC)c(F)c2)c(=O)[nH]c1=O. The highest BCUT2D eigenvalue weighted by atomic mass is 19.1. The summed E-state index contributed by atoms with van der Waals surface area (Å²) in [6.45, 7) is 4.99. The first-order chi connectivity index (χ1) is 13.3. The fourth-order valence-corrected chi connectivity index (χ4v) is 3.04. The third-order valence-electron chi connectivity index (χ3n) is 4.55. The van der Waals surface area contributed by atoms with E-state index in [9.17, 15) is 18.8 Å². The first-order valence-electron chi connectivity index (χ1n) is 9.14. The molecule has 4 N–H and O–H groups in total. The number of Topliss-reactive ketones (excluding diaryl/α,β-unsaturated/α-hetero) is 1. The van der Waals surface area contributed by atoms with Crippen molar-refractivity contribution in [2.24, 2.45) is 0 Å². The van der Waals surface area contributed by atoms with Gasteiger partial charge in [0.15, 0.2) is 11.6 Å². The molecular formula is C19H26FN4O4+. The van der Waals surface area contributed by atoms with Gasteiger partial charge < -0.3 is 15.4 Å². The Bertz CT molecular complexity index is 967. The van der Waals surface area contributed by atoms with Gasteiger partial charge >= 0.3 is 5.69 Å². The van der Waals surface area contributed by atoms with Crippen LogP contribution in [-0.2, 0) is 13.1 Å². The lowest BCUT2D eigenvalue weighted by Crippen LogP contribution is -3.11. The molecule has 1 atom stereocenters. The second kappa shape index (κ2) is 9.32. The molecule has 0 fully saturated rings. The number of hydrogen-bond acceptors (Lipinski definition) is 5. The number of nitrogen functional groups attached to an aromatic ring is 1. The maximum Gasteiger partial charge on any atom is 0.329 e. The lowest BCUT2D eigenvalue weighted by atomic mass is 10.1. The summed E-state index contributed by atoms with van der Waals surface area (Å²) in [4.78, 5) is 39.8. The van der Waals surface area contributed by atoms with Crippen LogP contribution in [0, 0.1) is 5.82 Å². The predicted octanol–water partition coefficient (Wildman–Crippen LogP) is -0.0358. The van der Waals surface area contributed by atoms with Gasteiger partial charge in [0.25, 0.3) is 5.56 Å². The predicted molar refractivity (Wildman–Crippen MR) is 103 cm³/mol. The molecule has 0 aliphatic rings. The van der Waals surface area contributed by atoms with Gasteiger partial charge in [-0.2, -0.15) is 0 Å². The van der Waals surface area contributed by atoms with Crippen LogP contribution >= 0.6 is 0 Å². The molecule has 0 aliphatic carbocycles. The number of H-pyrrole nitrogens is 1. The number of rotatable bonds is 9. The zero-order valence-corrected chi connectivity index (χ0v) is 16.3. The Labute approximate surface area is 161 Å². The molecule has 9 heteroatoms. The average molecular weight is 393 g/mol. The number of anilines is 1. The number of benzene rings is 1. The molecule has 0 saturated heterocycles. The van der Waals surface area contributed by atoms with Gasteiger partial charge in [-0.25, -0.2) is 9.18 Å². The third kappa shape index (κ3) is 4.66. The van der Waals surface area contributed by atoms with E-state index in [0.717, 1.165) is 4.90 Å². The molecule has 0 saturated carbocycles. The minimum absolute atomic E-state index is 0.0121. The van der Waals surface area contributed by atoms with Crippen LogP contribution in [0.4, 0.5) is 10.2 Å². The summed E-state index contributed by atoms with van der Waals surface area (Å²) in [6, 6.07) is 4.62. The number of aromatic amines is 1. The standard InChI is InChI=1S/C19H25FN4O4/c1-4-8-24-17(21)16(18(26)22-19(24)27)14(25)11-23(5-2)10-12-6-7-15(28-3)13(20)9-12/h6-7,9H,4-5,8,10-11,21H2,1-3H3,(H,22,26,27)/p+1. The van der Waals surface area contributed by atoms with E-state index in [1.165, 1.54) is 23.8 Å². The number of aromatic nitrogens is 2. The minimum atomic E-state index is -0.786. The molecule has 1 aromatic carbocycles. The molecule has 1 heterocycles. The molecule has 0 amide bonds. The first kappa shape index (κ1) is 21.4. The molecule has 28 heavy (non-hydrogen) atoms. The maximum atomic E-state index is 13.9. The fraction of sp³-hybridized carbons (Fsp3) is 0.421. The quantitative estimate of drug-likeness (QED) is 0.518. The number of ketones is 1. The number of nitrogens with zero attached hydrogens (tertiary/aromatic N) is 1. The molecule has 1 unspecified atom stereocenters. The van der Waals surface area contributed by atoms with Crippen LogP contribution in [0.2, 0.25) is 0 Å². The van der Waals surface area contributed by atoms with Crippen LogP contribution in [0.5, 0.6) is 5.75 Å². The first-order valence-corrected chi connectivity index (χ1v) is 9.14. The molecule has 0 aliphatic heterocycles. The van der Waals surface area contributed by atoms with E-state index in [0.29, 0.717) is 31.6 Å². The Morgan fingerprint density at radius 3 is 2.61 bits per heavy atom. The van der Waals surface area contributed by atoms with Crippen molar-refractivity contribution in [3.8, 4) is 5.75 Å². The number of carbonyl (C=O) groups is 1. The van der Waals surface area contributed by atoms with Gasteiger partial charge in [-0.1, -0.05) is 6.92 Å². The average Bonchev–Trinajstić information content (AvgIpc) is 2.64. The highest BCUT2D eigenvalue weighted by molar-refractivity contribution is 6.00. The molecule has 2 aromatic rings. The summed E-state index contributed by atoms with van der Waals surface area (Å²) in [7, 11) is 1.39. The van der Waals surface area contributed by atoms with Crippen LogP contribution < -0.4 is 26.6 Å². The summed E-state index contributed by atoms with van der Waals surface area (Å²) < 4.78 is 20.0. The van der Waals surface area contributed by atoms with Gasteiger partial charge in [-0.3, -0.25) is 19.1 Å². The Hall–Kier alpha value is -2.94. The van der Waals surface area contributed by atoms with Gasteiger partial charge in [0.1, 0.15) is 24.5 Å². The van der Waals surface area contributed by atoms with E-state index < -0.39 is 22.8 Å². The summed E-state index contributed by atoms with van der Waals surface area (Å²) in [5, 5.41) is 0. The van der Waals surface area contributed by atoms with Gasteiger partial charge in [0, 0.05) is 12.1 Å².